The number of carbonyl (C=O) groups excluding carboxylic acids is 1. The predicted octanol–water partition coefficient (Wildman–Crippen LogP) is 2.73. The number of rotatable bonds is 6. The molecule has 0 aromatic heterocycles. The number of amides is 1. The molecule has 21 heavy (non-hydrogen) atoms. The summed E-state index contributed by atoms with van der Waals surface area (Å²) in [5.74, 6) is 0.108. The molecular weight excluding hydrogens is 288 g/mol. The van der Waals surface area contributed by atoms with Gasteiger partial charge in [0.15, 0.2) is 0 Å². The highest BCUT2D eigenvalue weighted by molar-refractivity contribution is 5.85. The first kappa shape index (κ1) is 18.7. The average molecular weight is 319 g/mol. The molecular formula is C16H31ClN2O2. The molecule has 124 valence electrons. The third-order valence-corrected chi connectivity index (χ3v) is 5.23. The van der Waals surface area contributed by atoms with Crippen molar-refractivity contribution in [3.63, 3.8) is 0 Å². The minimum Gasteiger partial charge on any atom is -0.378 e. The molecule has 0 heterocycles. The van der Waals surface area contributed by atoms with E-state index >= 15 is 0 Å². The zero-order chi connectivity index (χ0) is 14.6. The van der Waals surface area contributed by atoms with Gasteiger partial charge in [0.25, 0.3) is 0 Å². The SMILES string of the molecule is CCCN(C(=O)CN)C1CC(OCC)C12CCCCC2.Cl. The summed E-state index contributed by atoms with van der Waals surface area (Å²) in [7, 11) is 0. The molecule has 4 nitrogen and oxygen atoms in total. The fourth-order valence-electron chi connectivity index (χ4n) is 4.28. The molecule has 2 atom stereocenters. The normalized spacial score (nSPS) is 26.8. The van der Waals surface area contributed by atoms with Crippen molar-refractivity contribution in [1.29, 1.82) is 0 Å². The molecule has 0 aromatic carbocycles. The Morgan fingerprint density at radius 3 is 2.48 bits per heavy atom. The molecule has 0 aliphatic heterocycles. The first-order valence-corrected chi connectivity index (χ1v) is 8.30. The number of hydrogen-bond acceptors (Lipinski definition) is 3. The molecule has 0 radical (unpaired) electrons. The van der Waals surface area contributed by atoms with Crippen LogP contribution in [0.2, 0.25) is 0 Å². The molecule has 2 N–H and O–H groups in total. The highest BCUT2D eigenvalue weighted by Gasteiger charge is 2.58. The van der Waals surface area contributed by atoms with Crippen LogP contribution in [0, 0.1) is 5.41 Å². The Morgan fingerprint density at radius 1 is 1.29 bits per heavy atom. The van der Waals surface area contributed by atoms with Gasteiger partial charge in [-0.3, -0.25) is 4.79 Å². The van der Waals surface area contributed by atoms with Gasteiger partial charge < -0.3 is 15.4 Å². The zero-order valence-corrected chi connectivity index (χ0v) is 14.3. The first-order valence-electron chi connectivity index (χ1n) is 8.30. The molecule has 2 unspecified atom stereocenters. The maximum Gasteiger partial charge on any atom is 0.236 e. The van der Waals surface area contributed by atoms with Crippen molar-refractivity contribution in [2.45, 2.75) is 70.9 Å². The highest BCUT2D eigenvalue weighted by atomic mass is 35.5. The van der Waals surface area contributed by atoms with Crippen LogP contribution < -0.4 is 5.73 Å². The minimum absolute atomic E-state index is 0. The van der Waals surface area contributed by atoms with Gasteiger partial charge in [-0.1, -0.05) is 26.2 Å². The molecule has 2 aliphatic carbocycles. The lowest BCUT2D eigenvalue weighted by molar-refractivity contribution is -0.188. The van der Waals surface area contributed by atoms with Crippen LogP contribution in [0.25, 0.3) is 0 Å². The van der Waals surface area contributed by atoms with E-state index in [0.717, 1.165) is 26.0 Å². The topological polar surface area (TPSA) is 55.6 Å². The summed E-state index contributed by atoms with van der Waals surface area (Å²) in [6.07, 6.45) is 8.64. The van der Waals surface area contributed by atoms with E-state index in [1.807, 2.05) is 0 Å². The molecule has 1 spiro atoms. The fraction of sp³-hybridized carbons (Fsp3) is 0.938. The third kappa shape index (κ3) is 3.54. The number of nitrogens with zero attached hydrogens (tertiary/aromatic N) is 1. The Balaban J connectivity index is 0.00000220. The highest BCUT2D eigenvalue weighted by Crippen LogP contribution is 2.55. The van der Waals surface area contributed by atoms with Crippen LogP contribution in [0.1, 0.15) is 58.8 Å². The van der Waals surface area contributed by atoms with Gasteiger partial charge in [-0.25, -0.2) is 0 Å². The van der Waals surface area contributed by atoms with E-state index in [1.165, 1.54) is 32.1 Å². The van der Waals surface area contributed by atoms with Crippen LogP contribution in [0.15, 0.2) is 0 Å². The summed E-state index contributed by atoms with van der Waals surface area (Å²) in [6.45, 7) is 5.94. The van der Waals surface area contributed by atoms with Crippen molar-refractivity contribution in [3.05, 3.63) is 0 Å². The van der Waals surface area contributed by atoms with Gasteiger partial charge in [-0.05, 0) is 32.6 Å². The van der Waals surface area contributed by atoms with Crippen molar-refractivity contribution in [3.8, 4) is 0 Å². The number of halogens is 1. The Hall–Kier alpha value is -0.320. The van der Waals surface area contributed by atoms with E-state index in [2.05, 4.69) is 18.7 Å². The first-order chi connectivity index (χ1) is 9.69. The largest absolute Gasteiger partial charge is 0.378 e. The van der Waals surface area contributed by atoms with E-state index in [-0.39, 0.29) is 30.3 Å². The molecule has 0 aromatic rings. The van der Waals surface area contributed by atoms with E-state index in [0.29, 0.717) is 12.1 Å². The van der Waals surface area contributed by atoms with Crippen molar-refractivity contribution < 1.29 is 9.53 Å². The second kappa shape index (κ2) is 8.35. The number of carbonyl (C=O) groups is 1. The Labute approximate surface area is 135 Å². The Bertz CT molecular complexity index is 332. The van der Waals surface area contributed by atoms with Crippen molar-refractivity contribution in [2.75, 3.05) is 19.7 Å². The summed E-state index contributed by atoms with van der Waals surface area (Å²) >= 11 is 0. The van der Waals surface area contributed by atoms with Gasteiger partial charge in [0.05, 0.1) is 12.6 Å². The molecule has 2 rings (SSSR count). The van der Waals surface area contributed by atoms with Crippen LogP contribution in [-0.2, 0) is 9.53 Å². The summed E-state index contributed by atoms with van der Waals surface area (Å²) in [6, 6.07) is 0.357. The van der Waals surface area contributed by atoms with Gasteiger partial charge in [-0.15, -0.1) is 12.4 Å². The zero-order valence-electron chi connectivity index (χ0n) is 13.5. The second-order valence-corrected chi connectivity index (χ2v) is 6.28. The van der Waals surface area contributed by atoms with E-state index in [9.17, 15) is 4.79 Å². The van der Waals surface area contributed by atoms with Crippen LogP contribution in [-0.4, -0.2) is 42.6 Å². The fourth-order valence-corrected chi connectivity index (χ4v) is 4.28. The number of nitrogens with two attached hydrogens (primary N) is 1. The van der Waals surface area contributed by atoms with Gasteiger partial charge >= 0.3 is 0 Å². The van der Waals surface area contributed by atoms with Gasteiger partial charge in [0.1, 0.15) is 0 Å². The number of ether oxygens (including phenoxy) is 1. The molecule has 2 aliphatic rings. The number of hydrogen-bond donors (Lipinski definition) is 1. The van der Waals surface area contributed by atoms with Crippen LogP contribution in [0.4, 0.5) is 0 Å². The van der Waals surface area contributed by atoms with Gasteiger partial charge in [0, 0.05) is 24.6 Å². The summed E-state index contributed by atoms with van der Waals surface area (Å²) < 4.78 is 5.97. The molecule has 1 amide bonds. The average Bonchev–Trinajstić information content (AvgIpc) is 2.49. The molecule has 2 saturated carbocycles. The quantitative estimate of drug-likeness (QED) is 0.819. The summed E-state index contributed by atoms with van der Waals surface area (Å²) in [4.78, 5) is 14.2. The predicted molar refractivity (Wildman–Crippen MR) is 87.6 cm³/mol. The van der Waals surface area contributed by atoms with Crippen LogP contribution >= 0.6 is 12.4 Å². The lowest BCUT2D eigenvalue weighted by atomic mass is 9.54. The molecule has 5 heteroatoms. The maximum atomic E-state index is 12.2. The standard InChI is InChI=1S/C16H30N2O2.ClH/c1-3-10-18(15(19)12-17)13-11-14(20-4-2)16(13)8-6-5-7-9-16;/h13-14H,3-12,17H2,1-2H3;1H. The van der Waals surface area contributed by atoms with Gasteiger partial charge in [0.2, 0.25) is 5.91 Å². The Kier molecular flexibility index (Phi) is 7.45. The summed E-state index contributed by atoms with van der Waals surface area (Å²) in [5, 5.41) is 0. The Morgan fingerprint density at radius 2 is 1.95 bits per heavy atom. The van der Waals surface area contributed by atoms with E-state index in [4.69, 9.17) is 10.5 Å². The second-order valence-electron chi connectivity index (χ2n) is 6.28. The lowest BCUT2D eigenvalue weighted by Gasteiger charge is -2.60. The smallest absolute Gasteiger partial charge is 0.236 e. The molecule has 0 bridgehead atoms. The third-order valence-electron chi connectivity index (χ3n) is 5.23. The van der Waals surface area contributed by atoms with Crippen LogP contribution in [0.3, 0.4) is 0 Å². The molecule has 2 fully saturated rings. The van der Waals surface area contributed by atoms with Crippen molar-refractivity contribution >= 4 is 18.3 Å². The van der Waals surface area contributed by atoms with Crippen molar-refractivity contribution in [1.82, 2.24) is 4.90 Å². The van der Waals surface area contributed by atoms with E-state index in [1.54, 1.807) is 0 Å². The minimum atomic E-state index is 0. The maximum absolute atomic E-state index is 12.2. The van der Waals surface area contributed by atoms with Crippen LogP contribution in [0.5, 0.6) is 0 Å². The lowest BCUT2D eigenvalue weighted by Crippen LogP contribution is -2.67. The van der Waals surface area contributed by atoms with Crippen molar-refractivity contribution in [2.24, 2.45) is 11.1 Å². The molecule has 0 saturated heterocycles. The van der Waals surface area contributed by atoms with Gasteiger partial charge in [-0.2, -0.15) is 0 Å². The van der Waals surface area contributed by atoms with E-state index < -0.39 is 0 Å². The summed E-state index contributed by atoms with van der Waals surface area (Å²) in [5.41, 5.74) is 5.83. The monoisotopic (exact) mass is 318 g/mol.